The van der Waals surface area contributed by atoms with E-state index in [1.165, 1.54) is 24.1 Å². The van der Waals surface area contributed by atoms with Crippen LogP contribution >= 0.6 is 11.6 Å². The molecule has 10 heteroatoms. The molecule has 214 valence electrons. The van der Waals surface area contributed by atoms with Crippen molar-refractivity contribution in [3.8, 4) is 5.75 Å². The number of nitrogens with zero attached hydrogens (tertiary/aromatic N) is 2. The molecule has 2 atom stereocenters. The third-order valence-corrected chi connectivity index (χ3v) is 8.66. The lowest BCUT2D eigenvalue weighted by molar-refractivity contribution is -0.140. The van der Waals surface area contributed by atoms with Crippen molar-refractivity contribution < 1.29 is 22.7 Å². The number of benzene rings is 3. The Morgan fingerprint density at radius 2 is 1.55 bits per heavy atom. The van der Waals surface area contributed by atoms with Crippen molar-refractivity contribution in [2.24, 2.45) is 0 Å². The van der Waals surface area contributed by atoms with Crippen molar-refractivity contribution in [3.05, 3.63) is 89.4 Å². The lowest BCUT2D eigenvalue weighted by atomic mass is 10.1. The van der Waals surface area contributed by atoms with Gasteiger partial charge in [0.15, 0.2) is 0 Å². The lowest BCUT2D eigenvalue weighted by Crippen LogP contribution is -2.53. The smallest absolute Gasteiger partial charge is 0.264 e. The minimum absolute atomic E-state index is 0.00721. The number of hydrogen-bond donors (Lipinski definition) is 1. The maximum absolute atomic E-state index is 14.0. The molecule has 0 saturated carbocycles. The summed E-state index contributed by atoms with van der Waals surface area (Å²) in [6.45, 7) is 5.32. The first-order chi connectivity index (χ1) is 19.1. The van der Waals surface area contributed by atoms with Gasteiger partial charge in [0.1, 0.15) is 18.3 Å². The van der Waals surface area contributed by atoms with Gasteiger partial charge in [-0.25, -0.2) is 8.42 Å². The number of hydrogen-bond acceptors (Lipinski definition) is 5. The van der Waals surface area contributed by atoms with Gasteiger partial charge in [-0.05, 0) is 73.9 Å². The van der Waals surface area contributed by atoms with Gasteiger partial charge in [-0.15, -0.1) is 0 Å². The molecule has 0 spiro atoms. The summed E-state index contributed by atoms with van der Waals surface area (Å²) in [4.78, 5) is 28.8. The highest BCUT2D eigenvalue weighted by molar-refractivity contribution is 7.92. The number of ether oxygens (including phenoxy) is 1. The van der Waals surface area contributed by atoms with E-state index in [4.69, 9.17) is 16.3 Å². The van der Waals surface area contributed by atoms with Gasteiger partial charge in [0.2, 0.25) is 11.8 Å². The average Bonchev–Trinajstić information content (AvgIpc) is 2.96. The standard InChI is InChI=1S/C30H36ClN3O5S/c1-5-22(3)32-30(36)28(6-2)33(20-23-10-8-7-9-11-23)29(35)21-34(25-14-12-24(31)13-15-25)40(37,38)27-18-16-26(39-4)17-19-27/h7-19,22,28H,5-6,20-21H2,1-4H3,(H,32,36)/t22-,28-/m0/s1. The number of sulfonamides is 1. The van der Waals surface area contributed by atoms with Crippen LogP contribution in [0.4, 0.5) is 5.69 Å². The number of halogens is 1. The van der Waals surface area contributed by atoms with Gasteiger partial charge >= 0.3 is 0 Å². The number of carbonyl (C=O) groups is 2. The van der Waals surface area contributed by atoms with Gasteiger partial charge < -0.3 is 15.0 Å². The van der Waals surface area contributed by atoms with Crippen molar-refractivity contribution >= 4 is 39.1 Å². The Kier molecular flexibility index (Phi) is 11.0. The second-order valence-corrected chi connectivity index (χ2v) is 11.7. The fraction of sp³-hybridized carbons (Fsp3) is 0.333. The van der Waals surface area contributed by atoms with E-state index in [0.717, 1.165) is 16.3 Å². The summed E-state index contributed by atoms with van der Waals surface area (Å²) in [6.07, 6.45) is 1.09. The zero-order chi connectivity index (χ0) is 29.3. The van der Waals surface area contributed by atoms with Crippen LogP contribution in [0.1, 0.15) is 39.2 Å². The fourth-order valence-corrected chi connectivity index (χ4v) is 5.69. The third-order valence-electron chi connectivity index (χ3n) is 6.62. The number of rotatable bonds is 13. The van der Waals surface area contributed by atoms with Gasteiger partial charge in [0.05, 0.1) is 17.7 Å². The van der Waals surface area contributed by atoms with Gasteiger partial charge in [-0.3, -0.25) is 13.9 Å². The van der Waals surface area contributed by atoms with Crippen molar-refractivity contribution in [1.82, 2.24) is 10.2 Å². The van der Waals surface area contributed by atoms with Crippen LogP contribution in [0.5, 0.6) is 5.75 Å². The summed E-state index contributed by atoms with van der Waals surface area (Å²) < 4.78 is 34.0. The number of amides is 2. The molecule has 0 aliphatic heterocycles. The molecule has 8 nitrogen and oxygen atoms in total. The van der Waals surface area contributed by atoms with Gasteiger partial charge in [-0.1, -0.05) is 55.8 Å². The highest BCUT2D eigenvalue weighted by Crippen LogP contribution is 2.27. The largest absolute Gasteiger partial charge is 0.497 e. The Morgan fingerprint density at radius 1 is 0.925 bits per heavy atom. The first-order valence-corrected chi connectivity index (χ1v) is 15.0. The maximum atomic E-state index is 14.0. The summed E-state index contributed by atoms with van der Waals surface area (Å²) in [7, 11) is -2.69. The molecule has 0 unspecified atom stereocenters. The van der Waals surface area contributed by atoms with Crippen LogP contribution in [-0.2, 0) is 26.2 Å². The van der Waals surface area contributed by atoms with Crippen molar-refractivity contribution in [2.45, 2.75) is 57.1 Å². The molecule has 40 heavy (non-hydrogen) atoms. The minimum Gasteiger partial charge on any atom is -0.497 e. The molecule has 0 radical (unpaired) electrons. The quantitative estimate of drug-likeness (QED) is 0.295. The summed E-state index contributed by atoms with van der Waals surface area (Å²) in [6, 6.07) is 20.6. The Morgan fingerprint density at radius 3 is 2.10 bits per heavy atom. The van der Waals surface area contributed by atoms with Crippen LogP contribution < -0.4 is 14.4 Å². The Balaban J connectivity index is 2.04. The van der Waals surface area contributed by atoms with Gasteiger partial charge in [0.25, 0.3) is 10.0 Å². The summed E-state index contributed by atoms with van der Waals surface area (Å²) in [5.74, 6) is -0.292. The van der Waals surface area contributed by atoms with Crippen molar-refractivity contribution in [2.75, 3.05) is 18.0 Å². The highest BCUT2D eigenvalue weighted by Gasteiger charge is 2.34. The molecule has 1 N–H and O–H groups in total. The predicted molar refractivity (Wildman–Crippen MR) is 158 cm³/mol. The third kappa shape index (κ3) is 7.76. The molecule has 3 aromatic rings. The molecular weight excluding hydrogens is 550 g/mol. The van der Waals surface area contributed by atoms with E-state index < -0.39 is 28.5 Å². The molecular formula is C30H36ClN3O5S. The van der Waals surface area contributed by atoms with E-state index in [1.807, 2.05) is 51.1 Å². The molecule has 0 fully saturated rings. The number of carbonyl (C=O) groups excluding carboxylic acids is 2. The first kappa shape index (κ1) is 31.0. The molecule has 0 saturated heterocycles. The molecule has 0 aromatic heterocycles. The van der Waals surface area contributed by atoms with E-state index in [9.17, 15) is 18.0 Å². The lowest BCUT2D eigenvalue weighted by Gasteiger charge is -2.33. The zero-order valence-electron chi connectivity index (χ0n) is 23.2. The van der Waals surface area contributed by atoms with Crippen LogP contribution in [0.15, 0.2) is 83.8 Å². The maximum Gasteiger partial charge on any atom is 0.264 e. The molecule has 3 rings (SSSR count). The normalized spacial score (nSPS) is 12.7. The van der Waals surface area contributed by atoms with Crippen LogP contribution in [-0.4, -0.2) is 50.9 Å². The SMILES string of the molecule is CC[C@H](C)NC(=O)[C@H](CC)N(Cc1ccccc1)C(=O)CN(c1ccc(Cl)cc1)S(=O)(=O)c1ccc(OC)cc1. The molecule has 3 aromatic carbocycles. The number of nitrogens with one attached hydrogen (secondary N) is 1. The van der Waals surface area contributed by atoms with Crippen LogP contribution in [0.2, 0.25) is 5.02 Å². The van der Waals surface area contributed by atoms with Crippen molar-refractivity contribution in [1.29, 1.82) is 0 Å². The van der Waals surface area contributed by atoms with E-state index >= 15 is 0 Å². The molecule has 0 aliphatic rings. The molecule has 0 aliphatic carbocycles. The van der Waals surface area contributed by atoms with E-state index in [-0.39, 0.29) is 29.1 Å². The summed E-state index contributed by atoms with van der Waals surface area (Å²) in [5.41, 5.74) is 1.09. The van der Waals surface area contributed by atoms with Gasteiger partial charge in [-0.2, -0.15) is 0 Å². The number of anilines is 1. The summed E-state index contributed by atoms with van der Waals surface area (Å²) in [5, 5.41) is 3.39. The Labute approximate surface area is 241 Å². The van der Waals surface area contributed by atoms with Crippen LogP contribution in [0, 0.1) is 0 Å². The molecule has 0 bridgehead atoms. The van der Waals surface area contributed by atoms with E-state index in [2.05, 4.69) is 5.32 Å². The van der Waals surface area contributed by atoms with Gasteiger partial charge in [0, 0.05) is 17.6 Å². The van der Waals surface area contributed by atoms with Crippen LogP contribution in [0.25, 0.3) is 0 Å². The predicted octanol–water partition coefficient (Wildman–Crippen LogP) is 5.27. The molecule has 0 heterocycles. The Bertz CT molecular complexity index is 1370. The average molecular weight is 586 g/mol. The highest BCUT2D eigenvalue weighted by atomic mass is 35.5. The zero-order valence-corrected chi connectivity index (χ0v) is 24.8. The summed E-state index contributed by atoms with van der Waals surface area (Å²) >= 11 is 6.07. The van der Waals surface area contributed by atoms with E-state index in [1.54, 1.807) is 36.4 Å². The minimum atomic E-state index is -4.18. The van der Waals surface area contributed by atoms with Crippen LogP contribution in [0.3, 0.4) is 0 Å². The fourth-order valence-electron chi connectivity index (χ4n) is 4.15. The van der Waals surface area contributed by atoms with E-state index in [0.29, 0.717) is 17.2 Å². The Hall–Kier alpha value is -3.56. The number of methoxy groups -OCH3 is 1. The second kappa shape index (κ2) is 14.2. The topological polar surface area (TPSA) is 96.0 Å². The van der Waals surface area contributed by atoms with Crippen molar-refractivity contribution in [3.63, 3.8) is 0 Å². The first-order valence-electron chi connectivity index (χ1n) is 13.2. The monoisotopic (exact) mass is 585 g/mol. The second-order valence-electron chi connectivity index (χ2n) is 9.41. The molecule has 2 amide bonds.